The van der Waals surface area contributed by atoms with Crippen LogP contribution < -0.4 is 5.32 Å². The summed E-state index contributed by atoms with van der Waals surface area (Å²) in [4.78, 5) is 29.2. The third kappa shape index (κ3) is 4.69. The van der Waals surface area contributed by atoms with E-state index in [1.165, 1.54) is 0 Å². The molecule has 1 heterocycles. The van der Waals surface area contributed by atoms with E-state index in [-0.39, 0.29) is 23.1 Å². The summed E-state index contributed by atoms with van der Waals surface area (Å²) >= 11 is 0. The fourth-order valence-electron chi connectivity index (χ4n) is 3.73. The number of carbonyl (C=O) groups is 2. The molecule has 0 aromatic carbocycles. The first-order valence-corrected chi connectivity index (χ1v) is 8.94. The second-order valence-electron chi connectivity index (χ2n) is 8.48. The Bertz CT molecular complexity index is 442. The second-order valence-corrected chi connectivity index (χ2v) is 8.48. The van der Waals surface area contributed by atoms with Crippen molar-refractivity contribution in [2.45, 2.75) is 65.0 Å². The van der Waals surface area contributed by atoms with Crippen LogP contribution in [0, 0.1) is 11.3 Å². The summed E-state index contributed by atoms with van der Waals surface area (Å²) in [5, 5.41) is 3.23. The van der Waals surface area contributed by atoms with E-state index in [1.54, 1.807) is 0 Å². The summed E-state index contributed by atoms with van der Waals surface area (Å²) in [6, 6.07) is 0.870. The molecule has 2 rings (SSSR count). The molecule has 3 atom stereocenters. The fourth-order valence-corrected chi connectivity index (χ4v) is 3.73. The van der Waals surface area contributed by atoms with Crippen molar-refractivity contribution in [3.63, 3.8) is 0 Å². The molecule has 23 heavy (non-hydrogen) atoms. The maximum atomic E-state index is 12.6. The molecule has 2 fully saturated rings. The van der Waals surface area contributed by atoms with Gasteiger partial charge in [0.15, 0.2) is 0 Å². The number of amides is 2. The van der Waals surface area contributed by atoms with E-state index in [2.05, 4.69) is 24.3 Å². The van der Waals surface area contributed by atoms with Gasteiger partial charge in [0.25, 0.3) is 0 Å². The number of hydrogen-bond donors (Lipinski definition) is 1. The van der Waals surface area contributed by atoms with Crippen molar-refractivity contribution in [2.75, 3.05) is 27.2 Å². The molecule has 0 unspecified atom stereocenters. The van der Waals surface area contributed by atoms with Crippen molar-refractivity contribution >= 4 is 11.8 Å². The van der Waals surface area contributed by atoms with E-state index in [0.29, 0.717) is 18.6 Å². The molecule has 0 radical (unpaired) electrons. The molecular weight excluding hydrogens is 290 g/mol. The predicted octanol–water partition coefficient (Wildman–Crippen LogP) is 1.87. The summed E-state index contributed by atoms with van der Waals surface area (Å²) < 4.78 is 0. The van der Waals surface area contributed by atoms with Crippen LogP contribution >= 0.6 is 0 Å². The molecular formula is C18H33N3O2. The van der Waals surface area contributed by atoms with E-state index in [9.17, 15) is 9.59 Å². The second kappa shape index (κ2) is 7.20. The molecule has 5 nitrogen and oxygen atoms in total. The summed E-state index contributed by atoms with van der Waals surface area (Å²) in [6.45, 7) is 7.19. The van der Waals surface area contributed by atoms with Gasteiger partial charge in [-0.2, -0.15) is 0 Å². The standard InChI is InChI=1S/C18H33N3O2/c1-18(2,3)17(23)21-10-6-7-13(12-21)16(22)19-14-8-9-15(11-14)20(4)5/h13-15H,6-12H2,1-5H3,(H,19,22)/t13-,14+,15-/m1/s1. The quantitative estimate of drug-likeness (QED) is 0.863. The van der Waals surface area contributed by atoms with Crippen molar-refractivity contribution < 1.29 is 9.59 Å². The number of hydrogen-bond acceptors (Lipinski definition) is 3. The molecule has 0 spiro atoms. The number of nitrogens with one attached hydrogen (secondary N) is 1. The van der Waals surface area contributed by atoms with Crippen LogP contribution in [0.4, 0.5) is 0 Å². The van der Waals surface area contributed by atoms with Gasteiger partial charge < -0.3 is 15.1 Å². The Labute approximate surface area is 140 Å². The molecule has 0 bridgehead atoms. The van der Waals surface area contributed by atoms with Gasteiger partial charge in [-0.1, -0.05) is 20.8 Å². The zero-order valence-corrected chi connectivity index (χ0v) is 15.4. The minimum Gasteiger partial charge on any atom is -0.353 e. The topological polar surface area (TPSA) is 52.7 Å². The van der Waals surface area contributed by atoms with Crippen molar-refractivity contribution in [2.24, 2.45) is 11.3 Å². The zero-order chi connectivity index (χ0) is 17.2. The molecule has 132 valence electrons. The highest BCUT2D eigenvalue weighted by atomic mass is 16.2. The SMILES string of the molecule is CN(C)[C@@H]1CC[C@H](NC(=O)[C@@H]2CCCN(C(=O)C(C)(C)C)C2)C1. The number of carbonyl (C=O) groups excluding carboxylic acids is 2. The molecule has 1 saturated carbocycles. The first kappa shape index (κ1) is 18.2. The van der Waals surface area contributed by atoms with Gasteiger partial charge in [0.1, 0.15) is 0 Å². The Kier molecular flexibility index (Phi) is 5.71. The minimum absolute atomic E-state index is 0.0477. The normalized spacial score (nSPS) is 29.0. The Morgan fingerprint density at radius 1 is 1.13 bits per heavy atom. The predicted molar refractivity (Wildman–Crippen MR) is 92.0 cm³/mol. The fraction of sp³-hybridized carbons (Fsp3) is 0.889. The Morgan fingerprint density at radius 3 is 2.39 bits per heavy atom. The number of piperidine rings is 1. The van der Waals surface area contributed by atoms with Gasteiger partial charge in [-0.25, -0.2) is 0 Å². The van der Waals surface area contributed by atoms with Gasteiger partial charge >= 0.3 is 0 Å². The van der Waals surface area contributed by atoms with Crippen LogP contribution in [0.1, 0.15) is 52.9 Å². The maximum Gasteiger partial charge on any atom is 0.227 e. The molecule has 1 aliphatic heterocycles. The molecule has 2 amide bonds. The molecule has 1 N–H and O–H groups in total. The van der Waals surface area contributed by atoms with Crippen molar-refractivity contribution in [1.29, 1.82) is 0 Å². The number of rotatable bonds is 3. The number of nitrogens with zero attached hydrogens (tertiary/aromatic N) is 2. The smallest absolute Gasteiger partial charge is 0.227 e. The van der Waals surface area contributed by atoms with Gasteiger partial charge in [-0.15, -0.1) is 0 Å². The van der Waals surface area contributed by atoms with Gasteiger partial charge in [0, 0.05) is 30.6 Å². The Hall–Kier alpha value is -1.10. The molecule has 0 aromatic rings. The lowest BCUT2D eigenvalue weighted by Gasteiger charge is -2.36. The molecule has 1 saturated heterocycles. The van der Waals surface area contributed by atoms with Gasteiger partial charge in [-0.3, -0.25) is 9.59 Å². The van der Waals surface area contributed by atoms with Crippen LogP contribution in [-0.4, -0.2) is 60.9 Å². The first-order valence-electron chi connectivity index (χ1n) is 8.94. The van der Waals surface area contributed by atoms with Gasteiger partial charge in [0.05, 0.1) is 5.92 Å². The highest BCUT2D eigenvalue weighted by Crippen LogP contribution is 2.26. The third-order valence-corrected chi connectivity index (χ3v) is 5.20. The maximum absolute atomic E-state index is 12.6. The highest BCUT2D eigenvalue weighted by molar-refractivity contribution is 5.84. The highest BCUT2D eigenvalue weighted by Gasteiger charge is 2.35. The van der Waals surface area contributed by atoms with Gasteiger partial charge in [-0.05, 0) is 46.2 Å². The Morgan fingerprint density at radius 2 is 1.83 bits per heavy atom. The third-order valence-electron chi connectivity index (χ3n) is 5.20. The van der Waals surface area contributed by atoms with Crippen LogP contribution in [0.3, 0.4) is 0 Å². The lowest BCUT2D eigenvalue weighted by atomic mass is 9.90. The average molecular weight is 323 g/mol. The van der Waals surface area contributed by atoms with Crippen molar-refractivity contribution in [1.82, 2.24) is 15.1 Å². The monoisotopic (exact) mass is 323 g/mol. The lowest BCUT2D eigenvalue weighted by molar-refractivity contribution is -0.142. The molecule has 2 aliphatic rings. The summed E-state index contributed by atoms with van der Waals surface area (Å²) in [5.41, 5.74) is -0.372. The van der Waals surface area contributed by atoms with Crippen LogP contribution in [0.5, 0.6) is 0 Å². The minimum atomic E-state index is -0.372. The summed E-state index contributed by atoms with van der Waals surface area (Å²) in [5.74, 6) is 0.248. The van der Waals surface area contributed by atoms with Crippen molar-refractivity contribution in [3.05, 3.63) is 0 Å². The van der Waals surface area contributed by atoms with E-state index >= 15 is 0 Å². The Balaban J connectivity index is 1.86. The van der Waals surface area contributed by atoms with E-state index in [0.717, 1.165) is 38.6 Å². The lowest BCUT2D eigenvalue weighted by Crippen LogP contribution is -2.49. The van der Waals surface area contributed by atoms with Crippen LogP contribution in [0.25, 0.3) is 0 Å². The zero-order valence-electron chi connectivity index (χ0n) is 15.4. The van der Waals surface area contributed by atoms with Crippen molar-refractivity contribution in [3.8, 4) is 0 Å². The van der Waals surface area contributed by atoms with E-state index < -0.39 is 0 Å². The van der Waals surface area contributed by atoms with Crippen LogP contribution in [-0.2, 0) is 9.59 Å². The van der Waals surface area contributed by atoms with E-state index in [4.69, 9.17) is 0 Å². The van der Waals surface area contributed by atoms with Crippen LogP contribution in [0.2, 0.25) is 0 Å². The molecule has 0 aromatic heterocycles. The van der Waals surface area contributed by atoms with Gasteiger partial charge in [0.2, 0.25) is 11.8 Å². The van der Waals surface area contributed by atoms with E-state index in [1.807, 2.05) is 25.7 Å². The average Bonchev–Trinajstić information content (AvgIpc) is 2.94. The summed E-state index contributed by atoms with van der Waals surface area (Å²) in [6.07, 6.45) is 5.06. The van der Waals surface area contributed by atoms with Crippen LogP contribution in [0.15, 0.2) is 0 Å². The first-order chi connectivity index (χ1) is 10.7. The summed E-state index contributed by atoms with van der Waals surface area (Å²) in [7, 11) is 4.21. The molecule has 5 heteroatoms. The molecule has 1 aliphatic carbocycles. The number of likely N-dealkylation sites (tertiary alicyclic amines) is 1. The largest absolute Gasteiger partial charge is 0.353 e.